The summed E-state index contributed by atoms with van der Waals surface area (Å²) in [7, 11) is 0. The predicted octanol–water partition coefficient (Wildman–Crippen LogP) is 1.86. The zero-order valence-electron chi connectivity index (χ0n) is 12.7. The van der Waals surface area contributed by atoms with E-state index in [4.69, 9.17) is 14.0 Å². The topological polar surface area (TPSA) is 90.7 Å². The molecule has 0 saturated carbocycles. The Hall–Kier alpha value is -2.83. The number of hydrogen-bond donors (Lipinski definition) is 1. The van der Waals surface area contributed by atoms with Gasteiger partial charge in [0.25, 0.3) is 5.91 Å². The maximum Gasteiger partial charge on any atom is 0.348 e. The van der Waals surface area contributed by atoms with Gasteiger partial charge in [-0.3, -0.25) is 4.79 Å². The summed E-state index contributed by atoms with van der Waals surface area (Å²) in [5.74, 6) is 0.467. The molecule has 1 aliphatic heterocycles. The highest BCUT2D eigenvalue weighted by atomic mass is 16.6. The second-order valence-corrected chi connectivity index (χ2v) is 5.31. The Morgan fingerprint density at radius 2 is 2.17 bits per heavy atom. The maximum atomic E-state index is 12.1. The van der Waals surface area contributed by atoms with Crippen molar-refractivity contribution in [1.29, 1.82) is 0 Å². The van der Waals surface area contributed by atoms with Crippen LogP contribution in [-0.4, -0.2) is 29.2 Å². The fourth-order valence-electron chi connectivity index (χ4n) is 2.27. The molecule has 2 aromatic rings. The van der Waals surface area contributed by atoms with Crippen LogP contribution in [0.3, 0.4) is 0 Å². The average Bonchev–Trinajstić information content (AvgIpc) is 3.13. The first-order valence-corrected chi connectivity index (χ1v) is 7.22. The van der Waals surface area contributed by atoms with Crippen LogP contribution in [0.5, 0.6) is 5.75 Å². The van der Waals surface area contributed by atoms with E-state index in [1.807, 2.05) is 18.2 Å². The fraction of sp³-hybridized carbons (Fsp3) is 0.312. The lowest BCUT2D eigenvalue weighted by Crippen LogP contribution is -2.36. The standard InChI is InChI=1S/C16H16N2O5/c1-9-7-14(18-23-9)17-15(19)10(2)21-16(20)13-8-11-5-3-4-6-12(11)22-13/h3-7,10,13H,8H2,1-2H3,(H,17,18,19)/t10-,13+/m1/s1. The molecule has 0 unspecified atom stereocenters. The van der Waals surface area contributed by atoms with Crippen LogP contribution in [0, 0.1) is 6.92 Å². The van der Waals surface area contributed by atoms with E-state index in [1.54, 1.807) is 19.1 Å². The Labute approximate surface area is 132 Å². The van der Waals surface area contributed by atoms with Gasteiger partial charge in [-0.1, -0.05) is 23.4 Å². The lowest BCUT2D eigenvalue weighted by atomic mass is 10.1. The molecule has 1 aliphatic rings. The summed E-state index contributed by atoms with van der Waals surface area (Å²) in [5, 5.41) is 6.16. The lowest BCUT2D eigenvalue weighted by Gasteiger charge is -2.15. The van der Waals surface area contributed by atoms with E-state index in [9.17, 15) is 9.59 Å². The van der Waals surface area contributed by atoms with Crippen LogP contribution >= 0.6 is 0 Å². The van der Waals surface area contributed by atoms with Crippen molar-refractivity contribution in [2.75, 3.05) is 5.32 Å². The number of amides is 1. The number of aromatic nitrogens is 1. The van der Waals surface area contributed by atoms with E-state index >= 15 is 0 Å². The Balaban J connectivity index is 1.55. The number of carbonyl (C=O) groups is 2. The largest absolute Gasteiger partial charge is 0.478 e. The van der Waals surface area contributed by atoms with Crippen molar-refractivity contribution in [3.05, 3.63) is 41.7 Å². The molecule has 0 bridgehead atoms. The molecule has 0 aliphatic carbocycles. The van der Waals surface area contributed by atoms with Crippen LogP contribution in [0.15, 0.2) is 34.9 Å². The zero-order valence-corrected chi connectivity index (χ0v) is 12.7. The number of nitrogens with zero attached hydrogens (tertiary/aromatic N) is 1. The van der Waals surface area contributed by atoms with Gasteiger partial charge in [-0.15, -0.1) is 0 Å². The van der Waals surface area contributed by atoms with Crippen molar-refractivity contribution in [3.8, 4) is 5.75 Å². The number of esters is 1. The summed E-state index contributed by atoms with van der Waals surface area (Å²) < 4.78 is 15.6. The molecule has 0 fully saturated rings. The van der Waals surface area contributed by atoms with Crippen LogP contribution in [0.25, 0.3) is 0 Å². The molecule has 7 nitrogen and oxygen atoms in total. The highest BCUT2D eigenvalue weighted by Crippen LogP contribution is 2.28. The molecular formula is C16H16N2O5. The maximum absolute atomic E-state index is 12.1. The first-order valence-electron chi connectivity index (χ1n) is 7.22. The van der Waals surface area contributed by atoms with Crippen molar-refractivity contribution in [2.45, 2.75) is 32.5 Å². The Morgan fingerprint density at radius 1 is 1.39 bits per heavy atom. The summed E-state index contributed by atoms with van der Waals surface area (Å²) in [4.78, 5) is 24.1. The summed E-state index contributed by atoms with van der Waals surface area (Å²) in [5.41, 5.74) is 0.949. The molecule has 23 heavy (non-hydrogen) atoms. The minimum absolute atomic E-state index is 0.278. The monoisotopic (exact) mass is 316 g/mol. The van der Waals surface area contributed by atoms with Crippen LogP contribution in [-0.2, 0) is 20.7 Å². The van der Waals surface area contributed by atoms with E-state index < -0.39 is 24.1 Å². The highest BCUT2D eigenvalue weighted by Gasteiger charge is 2.32. The van der Waals surface area contributed by atoms with Gasteiger partial charge in [-0.05, 0) is 25.5 Å². The molecule has 1 N–H and O–H groups in total. The van der Waals surface area contributed by atoms with Gasteiger partial charge in [-0.25, -0.2) is 4.79 Å². The third-order valence-electron chi connectivity index (χ3n) is 3.45. The van der Waals surface area contributed by atoms with Crippen molar-refractivity contribution in [1.82, 2.24) is 5.16 Å². The molecule has 120 valence electrons. The fourth-order valence-corrected chi connectivity index (χ4v) is 2.27. The number of aryl methyl sites for hydroxylation is 1. The zero-order chi connectivity index (χ0) is 16.4. The molecule has 0 radical (unpaired) electrons. The van der Waals surface area contributed by atoms with E-state index in [0.717, 1.165) is 5.56 Å². The summed E-state index contributed by atoms with van der Waals surface area (Å²) in [6.45, 7) is 3.20. The first kappa shape index (κ1) is 15.1. The summed E-state index contributed by atoms with van der Waals surface area (Å²) in [6.07, 6.45) is -1.25. The van der Waals surface area contributed by atoms with E-state index in [2.05, 4.69) is 10.5 Å². The molecule has 0 spiro atoms. The molecule has 1 aromatic carbocycles. The Morgan fingerprint density at radius 3 is 2.87 bits per heavy atom. The quantitative estimate of drug-likeness (QED) is 0.866. The average molecular weight is 316 g/mol. The van der Waals surface area contributed by atoms with E-state index in [0.29, 0.717) is 17.9 Å². The number of hydrogen-bond acceptors (Lipinski definition) is 6. The van der Waals surface area contributed by atoms with E-state index in [1.165, 1.54) is 6.92 Å². The summed E-state index contributed by atoms with van der Waals surface area (Å²) in [6, 6.07) is 8.98. The molecular weight excluding hydrogens is 300 g/mol. The molecule has 1 aromatic heterocycles. The highest BCUT2D eigenvalue weighted by molar-refractivity contribution is 5.94. The van der Waals surface area contributed by atoms with Gasteiger partial charge < -0.3 is 19.3 Å². The van der Waals surface area contributed by atoms with E-state index in [-0.39, 0.29) is 5.82 Å². The number of fused-ring (bicyclic) bond motifs is 1. The number of para-hydroxylation sites is 1. The SMILES string of the molecule is Cc1cc(NC(=O)[C@@H](C)OC(=O)[C@@H]2Cc3ccccc3O2)no1. The van der Waals surface area contributed by atoms with Crippen LogP contribution in [0.1, 0.15) is 18.2 Å². The lowest BCUT2D eigenvalue weighted by molar-refractivity contribution is -0.159. The van der Waals surface area contributed by atoms with Crippen LogP contribution in [0.2, 0.25) is 0 Å². The van der Waals surface area contributed by atoms with Gasteiger partial charge in [0.05, 0.1) is 0 Å². The Bertz CT molecular complexity index is 715. The molecule has 2 atom stereocenters. The van der Waals surface area contributed by atoms with Gasteiger partial charge >= 0.3 is 5.97 Å². The number of benzene rings is 1. The minimum Gasteiger partial charge on any atom is -0.478 e. The number of carbonyl (C=O) groups excluding carboxylic acids is 2. The van der Waals surface area contributed by atoms with Crippen molar-refractivity contribution in [3.63, 3.8) is 0 Å². The number of ether oxygens (including phenoxy) is 2. The number of anilines is 1. The van der Waals surface area contributed by atoms with Gasteiger partial charge in [-0.2, -0.15) is 0 Å². The van der Waals surface area contributed by atoms with Crippen LogP contribution in [0.4, 0.5) is 5.82 Å². The van der Waals surface area contributed by atoms with Crippen LogP contribution < -0.4 is 10.1 Å². The number of rotatable bonds is 4. The molecule has 7 heteroatoms. The predicted molar refractivity (Wildman–Crippen MR) is 80.0 cm³/mol. The van der Waals surface area contributed by atoms with Gasteiger partial charge in [0.2, 0.25) is 0 Å². The number of nitrogens with one attached hydrogen (secondary N) is 1. The normalized spacial score (nSPS) is 17.0. The second kappa shape index (κ2) is 6.12. The van der Waals surface area contributed by atoms with Crippen molar-refractivity contribution < 1.29 is 23.6 Å². The first-order chi connectivity index (χ1) is 11.0. The Kier molecular flexibility index (Phi) is 4.01. The minimum atomic E-state index is -0.966. The molecule has 3 rings (SSSR count). The van der Waals surface area contributed by atoms with Crippen molar-refractivity contribution in [2.24, 2.45) is 0 Å². The third kappa shape index (κ3) is 3.33. The smallest absolute Gasteiger partial charge is 0.348 e. The van der Waals surface area contributed by atoms with Gasteiger partial charge in [0.15, 0.2) is 18.0 Å². The molecule has 0 saturated heterocycles. The van der Waals surface area contributed by atoms with Crippen molar-refractivity contribution >= 4 is 17.7 Å². The van der Waals surface area contributed by atoms with Gasteiger partial charge in [0, 0.05) is 12.5 Å². The molecule has 1 amide bonds. The summed E-state index contributed by atoms with van der Waals surface area (Å²) >= 11 is 0. The van der Waals surface area contributed by atoms with Gasteiger partial charge in [0.1, 0.15) is 11.5 Å². The second-order valence-electron chi connectivity index (χ2n) is 5.31. The molecule has 2 heterocycles. The third-order valence-corrected chi connectivity index (χ3v) is 3.45.